The largest absolute Gasteiger partial charge is 0.497 e. The molecule has 0 aliphatic heterocycles. The molecule has 6 rings (SSSR count). The molecule has 0 bridgehead atoms. The fourth-order valence-electron chi connectivity index (χ4n) is 5.96. The number of hydrogen-bond acceptors (Lipinski definition) is 7. The van der Waals surface area contributed by atoms with E-state index in [1.165, 1.54) is 31.0 Å². The summed E-state index contributed by atoms with van der Waals surface area (Å²) in [5, 5.41) is 15.6. The van der Waals surface area contributed by atoms with E-state index >= 15 is 8.78 Å². The molecule has 0 saturated carbocycles. The Kier molecular flexibility index (Phi) is 9.59. The van der Waals surface area contributed by atoms with Crippen LogP contribution in [0.2, 0.25) is 5.02 Å². The highest BCUT2D eigenvalue weighted by molar-refractivity contribution is 7.92. The first kappa shape index (κ1) is 36.1. The van der Waals surface area contributed by atoms with Crippen molar-refractivity contribution in [3.05, 3.63) is 122 Å². The number of ether oxygens (including phenoxy) is 1. The number of benzene rings is 4. The molecule has 270 valence electrons. The van der Waals surface area contributed by atoms with Crippen LogP contribution in [0.4, 0.5) is 28.2 Å². The minimum absolute atomic E-state index is 0.0121. The number of anilines is 1. The average molecular weight is 759 g/mol. The minimum atomic E-state index is -4.07. The highest BCUT2D eigenvalue weighted by Crippen LogP contribution is 2.38. The van der Waals surface area contributed by atoms with Crippen LogP contribution in [0.15, 0.2) is 71.5 Å². The lowest BCUT2D eigenvalue weighted by Gasteiger charge is -2.23. The molecule has 1 atom stereocenters. The Bertz CT molecular complexity index is 2550. The molecule has 1 amide bonds. The summed E-state index contributed by atoms with van der Waals surface area (Å²) >= 11 is 6.70. The van der Waals surface area contributed by atoms with Crippen LogP contribution in [0.3, 0.4) is 0 Å². The van der Waals surface area contributed by atoms with Crippen molar-refractivity contribution in [2.24, 2.45) is 7.05 Å². The normalized spacial score (nSPS) is 12.3. The van der Waals surface area contributed by atoms with Gasteiger partial charge in [0.15, 0.2) is 5.82 Å². The van der Waals surface area contributed by atoms with Crippen molar-refractivity contribution in [2.45, 2.75) is 19.0 Å². The van der Waals surface area contributed by atoms with E-state index < -0.39 is 74.1 Å². The van der Waals surface area contributed by atoms with Crippen LogP contribution in [-0.2, 0) is 30.0 Å². The lowest BCUT2D eigenvalue weighted by molar-refractivity contribution is 0.189. The molecule has 4 aromatic carbocycles. The van der Waals surface area contributed by atoms with Gasteiger partial charge in [-0.3, -0.25) is 14.0 Å². The zero-order valence-corrected chi connectivity index (χ0v) is 28.9. The summed E-state index contributed by atoms with van der Waals surface area (Å²) in [4.78, 5) is 30.7. The molecular formula is C34H27ClF4N6O6S. The number of halogens is 5. The average Bonchev–Trinajstić information content (AvgIpc) is 3.41. The maximum atomic E-state index is 15.3. The molecule has 6 aromatic rings. The number of sulfonamides is 1. The highest BCUT2D eigenvalue weighted by atomic mass is 35.5. The van der Waals surface area contributed by atoms with Gasteiger partial charge in [-0.05, 0) is 59.7 Å². The summed E-state index contributed by atoms with van der Waals surface area (Å²) < 4.78 is 93.7. The third kappa shape index (κ3) is 6.83. The summed E-state index contributed by atoms with van der Waals surface area (Å²) in [6.45, 7) is -0.211. The number of hydrogen-bond donors (Lipinski definition) is 2. The Morgan fingerprint density at radius 2 is 1.63 bits per heavy atom. The Hall–Kier alpha value is -5.68. The van der Waals surface area contributed by atoms with Crippen LogP contribution in [0.5, 0.6) is 5.75 Å². The first-order valence-corrected chi connectivity index (χ1v) is 17.4. The Balaban J connectivity index is 1.66. The molecule has 1 unspecified atom stereocenters. The van der Waals surface area contributed by atoms with Gasteiger partial charge in [0.2, 0.25) is 10.0 Å². The predicted molar refractivity (Wildman–Crippen MR) is 185 cm³/mol. The van der Waals surface area contributed by atoms with Gasteiger partial charge in [0, 0.05) is 19.5 Å². The van der Waals surface area contributed by atoms with E-state index in [9.17, 15) is 31.9 Å². The van der Waals surface area contributed by atoms with Crippen molar-refractivity contribution < 1.29 is 40.6 Å². The number of carboxylic acid groups (broad SMARTS) is 1. The van der Waals surface area contributed by atoms with Gasteiger partial charge in [0.1, 0.15) is 45.7 Å². The second kappa shape index (κ2) is 13.8. The number of carbonyl (C=O) groups is 1. The lowest BCUT2D eigenvalue weighted by atomic mass is 10.0. The van der Waals surface area contributed by atoms with Gasteiger partial charge in [-0.25, -0.2) is 40.1 Å². The van der Waals surface area contributed by atoms with Crippen molar-refractivity contribution in [2.75, 3.05) is 17.7 Å². The van der Waals surface area contributed by atoms with E-state index in [0.29, 0.717) is 17.4 Å². The van der Waals surface area contributed by atoms with Crippen LogP contribution in [-0.4, -0.2) is 52.3 Å². The summed E-state index contributed by atoms with van der Waals surface area (Å²) in [7, 11) is -1.17. The van der Waals surface area contributed by atoms with Gasteiger partial charge in [0.25, 0.3) is 5.56 Å². The molecule has 0 saturated heterocycles. The summed E-state index contributed by atoms with van der Waals surface area (Å²) in [5.41, 5.74) is -1.58. The number of rotatable bonds is 10. The monoisotopic (exact) mass is 758 g/mol. The molecule has 0 fully saturated rings. The van der Waals surface area contributed by atoms with Crippen molar-refractivity contribution in [1.82, 2.24) is 24.6 Å². The van der Waals surface area contributed by atoms with E-state index in [-0.39, 0.29) is 39.5 Å². The molecule has 12 nitrogen and oxygen atoms in total. The van der Waals surface area contributed by atoms with E-state index in [2.05, 4.69) is 15.4 Å². The van der Waals surface area contributed by atoms with Gasteiger partial charge in [-0.1, -0.05) is 23.7 Å². The van der Waals surface area contributed by atoms with Crippen molar-refractivity contribution in [3.63, 3.8) is 0 Å². The van der Waals surface area contributed by atoms with Gasteiger partial charge in [-0.2, -0.15) is 5.10 Å². The highest BCUT2D eigenvalue weighted by Gasteiger charge is 2.31. The molecule has 2 N–H and O–H groups in total. The number of methoxy groups -OCH3 is 1. The first-order chi connectivity index (χ1) is 24.6. The third-order valence-corrected chi connectivity index (χ3v) is 9.60. The molecule has 0 aliphatic rings. The molecule has 52 heavy (non-hydrogen) atoms. The predicted octanol–water partition coefficient (Wildman–Crippen LogP) is 6.01. The molecule has 0 aliphatic carbocycles. The van der Waals surface area contributed by atoms with Gasteiger partial charge < -0.3 is 15.2 Å². The zero-order chi connectivity index (χ0) is 37.6. The summed E-state index contributed by atoms with van der Waals surface area (Å²) in [6.07, 6.45) is -1.19. The quantitative estimate of drug-likeness (QED) is 0.162. The number of aromatic nitrogens is 4. The van der Waals surface area contributed by atoms with Gasteiger partial charge >= 0.3 is 6.09 Å². The van der Waals surface area contributed by atoms with Crippen molar-refractivity contribution in [1.29, 1.82) is 0 Å². The molecule has 18 heteroatoms. The molecule has 0 radical (unpaired) electrons. The van der Waals surface area contributed by atoms with Gasteiger partial charge in [-0.15, -0.1) is 0 Å². The van der Waals surface area contributed by atoms with Crippen LogP contribution < -0.4 is 19.9 Å². The standard InChI is InChI=1S/C34H27ClF4N6O6S/c1-43-30-26(11-8-22(35)27(30)32(42-43)44(52(3,49)50)16-17-4-6-21(51-2)7-5-17)45-31(41-29-24(39)10-9-23(38)28(29)33(45)46)25(40-34(47)48)14-18-12-19(36)15-20(37)13-18/h4-13,15,25,40H,14,16H2,1-3H3,(H,47,48). The third-order valence-electron chi connectivity index (χ3n) is 8.18. The lowest BCUT2D eigenvalue weighted by Crippen LogP contribution is -2.35. The van der Waals surface area contributed by atoms with Crippen LogP contribution >= 0.6 is 11.6 Å². The van der Waals surface area contributed by atoms with E-state index in [0.717, 1.165) is 39.4 Å². The fraction of sp³-hybridized carbons (Fsp3) is 0.176. The van der Waals surface area contributed by atoms with Crippen molar-refractivity contribution >= 4 is 55.3 Å². The number of amides is 1. The number of nitrogens with one attached hydrogen (secondary N) is 1. The number of nitrogens with zero attached hydrogens (tertiary/aromatic N) is 5. The zero-order valence-electron chi connectivity index (χ0n) is 27.4. The Morgan fingerprint density at radius 1 is 0.981 bits per heavy atom. The van der Waals surface area contributed by atoms with Crippen LogP contribution in [0.1, 0.15) is 23.0 Å². The second-order valence-electron chi connectivity index (χ2n) is 11.7. The van der Waals surface area contributed by atoms with Crippen LogP contribution in [0, 0.1) is 23.3 Å². The molecule has 2 heterocycles. The minimum Gasteiger partial charge on any atom is -0.497 e. The maximum Gasteiger partial charge on any atom is 0.405 e. The van der Waals surface area contributed by atoms with E-state index in [1.807, 2.05) is 0 Å². The summed E-state index contributed by atoms with van der Waals surface area (Å²) in [5.74, 6) is -4.34. The van der Waals surface area contributed by atoms with E-state index in [4.69, 9.17) is 16.3 Å². The molecule has 2 aromatic heterocycles. The summed E-state index contributed by atoms with van der Waals surface area (Å²) in [6, 6.07) is 11.5. The number of fused-ring (bicyclic) bond motifs is 2. The Labute approximate surface area is 297 Å². The first-order valence-electron chi connectivity index (χ1n) is 15.2. The maximum absolute atomic E-state index is 15.3. The molecular weight excluding hydrogens is 732 g/mol. The number of aryl methyl sites for hydroxylation is 1. The SMILES string of the molecule is COc1ccc(CN(c2nn(C)c3c(-n4c(C(Cc5cc(F)cc(F)c5)NC(=O)O)nc5c(F)ccc(F)c5c4=O)ccc(Cl)c23)S(C)(=O)=O)cc1. The van der Waals surface area contributed by atoms with Gasteiger partial charge in [0.05, 0.1) is 47.6 Å². The van der Waals surface area contributed by atoms with Crippen LogP contribution in [0.25, 0.3) is 27.5 Å². The topological polar surface area (TPSA) is 149 Å². The fourth-order valence-corrected chi connectivity index (χ4v) is 7.02. The second-order valence-corrected chi connectivity index (χ2v) is 14.0. The smallest absolute Gasteiger partial charge is 0.405 e. The Morgan fingerprint density at radius 3 is 2.25 bits per heavy atom. The van der Waals surface area contributed by atoms with E-state index in [1.54, 1.807) is 24.3 Å². The molecule has 0 spiro atoms. The van der Waals surface area contributed by atoms with Crippen molar-refractivity contribution in [3.8, 4) is 11.4 Å².